The molecule has 1 N–H and O–H groups in total. The first-order chi connectivity index (χ1) is 9.93. The minimum absolute atomic E-state index is 0.839. The number of thiazole rings is 1. The highest BCUT2D eigenvalue weighted by molar-refractivity contribution is 7.12. The molecular weight excluding hydrogens is 290 g/mol. The van der Waals surface area contributed by atoms with Crippen molar-refractivity contribution in [3.05, 3.63) is 47.5 Å². The van der Waals surface area contributed by atoms with Crippen LogP contribution in [0.2, 0.25) is 0 Å². The summed E-state index contributed by atoms with van der Waals surface area (Å²) < 4.78 is 6.29. The van der Waals surface area contributed by atoms with Crippen LogP contribution >= 0.6 is 22.9 Å². The molecule has 0 saturated heterocycles. The predicted octanol–water partition coefficient (Wildman–Crippen LogP) is 3.45. The zero-order chi connectivity index (χ0) is 13.4. The summed E-state index contributed by atoms with van der Waals surface area (Å²) in [5.74, 6) is 0. The van der Waals surface area contributed by atoms with Crippen LogP contribution in [0, 0.1) is 0 Å². The van der Waals surface area contributed by atoms with Crippen LogP contribution in [0.3, 0.4) is 0 Å². The van der Waals surface area contributed by atoms with Crippen LogP contribution in [-0.2, 0) is 0 Å². The largest absolute Gasteiger partial charge is 0.361 e. The van der Waals surface area contributed by atoms with Crippen molar-refractivity contribution in [2.45, 2.75) is 0 Å². The average Bonchev–Trinajstić information content (AvgIpc) is 3.23. The van der Waals surface area contributed by atoms with Crippen molar-refractivity contribution in [2.75, 3.05) is 0 Å². The van der Waals surface area contributed by atoms with Gasteiger partial charge in [0.05, 0.1) is 6.20 Å². The van der Waals surface area contributed by atoms with Gasteiger partial charge in [0.15, 0.2) is 0 Å². The molecule has 0 fully saturated rings. The Morgan fingerprint density at radius 3 is 2.90 bits per heavy atom. The van der Waals surface area contributed by atoms with Gasteiger partial charge in [-0.2, -0.15) is 9.47 Å². The van der Waals surface area contributed by atoms with Crippen molar-refractivity contribution in [1.29, 1.82) is 0 Å². The molecule has 0 radical (unpaired) electrons. The van der Waals surface area contributed by atoms with Crippen LogP contribution in [-0.4, -0.2) is 24.1 Å². The van der Waals surface area contributed by atoms with E-state index in [-0.39, 0.29) is 0 Å². The molecule has 20 heavy (non-hydrogen) atoms. The van der Waals surface area contributed by atoms with Gasteiger partial charge in [-0.1, -0.05) is 0 Å². The topological polar surface area (TPSA) is 59.4 Å². The van der Waals surface area contributed by atoms with Crippen molar-refractivity contribution in [3.8, 4) is 27.8 Å². The van der Waals surface area contributed by atoms with E-state index in [0.717, 1.165) is 27.8 Å². The predicted molar refractivity (Wildman–Crippen MR) is 80.1 cm³/mol. The van der Waals surface area contributed by atoms with Gasteiger partial charge in [-0.05, 0) is 29.7 Å². The molecule has 7 heteroatoms. The third-order valence-corrected chi connectivity index (χ3v) is 4.25. The lowest BCUT2D eigenvalue weighted by molar-refractivity contribution is 0.875. The van der Waals surface area contributed by atoms with Crippen molar-refractivity contribution in [2.24, 2.45) is 0 Å². The Bertz CT molecular complexity index is 746. The minimum Gasteiger partial charge on any atom is -0.361 e. The number of hydrogen-bond donors (Lipinski definition) is 1. The second-order valence-electron chi connectivity index (χ2n) is 4.10. The number of nitrogens with one attached hydrogen (secondary N) is 1. The molecule has 5 nitrogen and oxygen atoms in total. The summed E-state index contributed by atoms with van der Waals surface area (Å²) in [6.45, 7) is 0. The van der Waals surface area contributed by atoms with Crippen LogP contribution in [0.15, 0.2) is 47.5 Å². The lowest BCUT2D eigenvalue weighted by atomic mass is 10.1. The summed E-state index contributed by atoms with van der Waals surface area (Å²) in [6.07, 6.45) is 5.53. The molecule has 0 saturated carbocycles. The second kappa shape index (κ2) is 4.69. The Morgan fingerprint density at radius 2 is 2.20 bits per heavy atom. The first kappa shape index (κ1) is 11.6. The summed E-state index contributed by atoms with van der Waals surface area (Å²) >= 11 is 2.98. The number of H-pyrrole nitrogens is 1. The molecule has 0 aliphatic rings. The third-order valence-electron chi connectivity index (χ3n) is 2.94. The summed E-state index contributed by atoms with van der Waals surface area (Å²) in [5, 5.41) is 9.22. The fourth-order valence-corrected chi connectivity index (χ4v) is 3.21. The van der Waals surface area contributed by atoms with Gasteiger partial charge in [0.2, 0.25) is 5.13 Å². The minimum atomic E-state index is 0.839. The van der Waals surface area contributed by atoms with E-state index in [1.54, 1.807) is 17.5 Å². The van der Waals surface area contributed by atoms with Gasteiger partial charge < -0.3 is 4.98 Å². The Labute approximate surface area is 122 Å². The second-order valence-corrected chi connectivity index (χ2v) is 5.64. The van der Waals surface area contributed by atoms with E-state index in [9.17, 15) is 0 Å². The Balaban J connectivity index is 1.98. The Hall–Kier alpha value is -2.25. The number of aromatic amines is 1. The molecule has 98 valence electrons. The molecule has 0 aromatic carbocycles. The van der Waals surface area contributed by atoms with Gasteiger partial charge >= 0.3 is 0 Å². The van der Waals surface area contributed by atoms with Crippen molar-refractivity contribution < 1.29 is 0 Å². The van der Waals surface area contributed by atoms with Gasteiger partial charge in [0.1, 0.15) is 11.4 Å². The maximum absolute atomic E-state index is 4.48. The van der Waals surface area contributed by atoms with E-state index >= 15 is 0 Å². The molecule has 4 aromatic rings. The fraction of sp³-hybridized carbons (Fsp3) is 0. The number of rotatable bonds is 3. The van der Waals surface area contributed by atoms with E-state index in [0.29, 0.717) is 0 Å². The van der Waals surface area contributed by atoms with Gasteiger partial charge in [-0.15, -0.1) is 11.3 Å². The fourth-order valence-electron chi connectivity index (χ4n) is 2.09. The molecule has 0 aliphatic heterocycles. The van der Waals surface area contributed by atoms with Gasteiger partial charge in [0.25, 0.3) is 0 Å². The monoisotopic (exact) mass is 299 g/mol. The summed E-state index contributed by atoms with van der Waals surface area (Å²) in [7, 11) is 0. The van der Waals surface area contributed by atoms with E-state index in [2.05, 4.69) is 19.4 Å². The van der Waals surface area contributed by atoms with E-state index in [1.165, 1.54) is 11.5 Å². The molecule has 4 heterocycles. The van der Waals surface area contributed by atoms with Crippen molar-refractivity contribution in [3.63, 3.8) is 0 Å². The molecular formula is C13H9N5S2. The van der Waals surface area contributed by atoms with Gasteiger partial charge in [-0.3, -0.25) is 0 Å². The average molecular weight is 299 g/mol. The number of hydrogen-bond acceptors (Lipinski definition) is 5. The SMILES string of the molecule is c1c[nH]c(-c2cnn(-c3nccs3)c2-c2ccsn2)c1. The number of nitrogens with zero attached hydrogens (tertiary/aromatic N) is 4. The first-order valence-corrected chi connectivity index (χ1v) is 7.67. The normalized spacial score (nSPS) is 11.0. The van der Waals surface area contributed by atoms with Crippen LogP contribution in [0.5, 0.6) is 0 Å². The van der Waals surface area contributed by atoms with Crippen LogP contribution in [0.25, 0.3) is 27.8 Å². The molecule has 4 aromatic heterocycles. The molecule has 0 bridgehead atoms. The first-order valence-electron chi connectivity index (χ1n) is 5.96. The Kier molecular flexibility index (Phi) is 2.71. The maximum Gasteiger partial charge on any atom is 0.210 e. The van der Waals surface area contributed by atoms with Gasteiger partial charge in [0, 0.05) is 34.4 Å². The van der Waals surface area contributed by atoms with E-state index in [1.807, 2.05) is 46.0 Å². The van der Waals surface area contributed by atoms with Crippen LogP contribution < -0.4 is 0 Å². The highest BCUT2D eigenvalue weighted by Crippen LogP contribution is 2.32. The van der Waals surface area contributed by atoms with Crippen LogP contribution in [0.4, 0.5) is 0 Å². The summed E-state index contributed by atoms with van der Waals surface area (Å²) in [4.78, 5) is 7.56. The summed E-state index contributed by atoms with van der Waals surface area (Å²) in [5.41, 5.74) is 3.92. The highest BCUT2D eigenvalue weighted by Gasteiger charge is 2.18. The molecule has 4 rings (SSSR count). The molecule has 0 amide bonds. The van der Waals surface area contributed by atoms with Gasteiger partial charge in [-0.25, -0.2) is 9.67 Å². The van der Waals surface area contributed by atoms with E-state index < -0.39 is 0 Å². The highest BCUT2D eigenvalue weighted by atomic mass is 32.1. The lowest BCUT2D eigenvalue weighted by Crippen LogP contribution is -1.98. The quantitative estimate of drug-likeness (QED) is 0.630. The summed E-state index contributed by atoms with van der Waals surface area (Å²) in [6, 6.07) is 6.00. The maximum atomic E-state index is 4.48. The van der Waals surface area contributed by atoms with Crippen molar-refractivity contribution in [1.82, 2.24) is 24.1 Å². The van der Waals surface area contributed by atoms with Crippen LogP contribution in [0.1, 0.15) is 0 Å². The lowest BCUT2D eigenvalue weighted by Gasteiger charge is -2.03. The number of aromatic nitrogens is 5. The third kappa shape index (κ3) is 1.79. The standard InChI is InChI=1S/C13H9N5S2/c1-2-10(14-4-1)9-8-16-18(13-15-5-7-19-13)12(9)11-3-6-20-17-11/h1-8,14H. The molecule has 0 unspecified atom stereocenters. The molecule has 0 spiro atoms. The zero-order valence-corrected chi connectivity index (χ0v) is 11.9. The smallest absolute Gasteiger partial charge is 0.210 e. The van der Waals surface area contributed by atoms with E-state index in [4.69, 9.17) is 0 Å². The molecule has 0 atom stereocenters. The Morgan fingerprint density at radius 1 is 1.20 bits per heavy atom. The van der Waals surface area contributed by atoms with Crippen molar-refractivity contribution >= 4 is 22.9 Å². The molecule has 0 aliphatic carbocycles. The zero-order valence-electron chi connectivity index (χ0n) is 10.2.